The van der Waals surface area contributed by atoms with Gasteiger partial charge in [-0.15, -0.1) is 11.3 Å². The van der Waals surface area contributed by atoms with Gasteiger partial charge in [0.15, 0.2) is 5.13 Å². The Labute approximate surface area is 220 Å². The number of pyridine rings is 2. The summed E-state index contributed by atoms with van der Waals surface area (Å²) in [4.78, 5) is 74.1. The smallest absolute Gasteiger partial charge is 0.329 e. The van der Waals surface area contributed by atoms with Gasteiger partial charge in [-0.25, -0.2) is 14.8 Å². The number of carbonyl (C=O) groups excluding carboxylic acids is 4. The molecule has 0 saturated heterocycles. The van der Waals surface area contributed by atoms with E-state index >= 15 is 0 Å². The third-order valence-electron chi connectivity index (χ3n) is 4.86. The van der Waals surface area contributed by atoms with Crippen LogP contribution >= 0.6 is 11.3 Å². The number of hydrogen-bond donors (Lipinski definition) is 5. The van der Waals surface area contributed by atoms with Crippen LogP contribution in [-0.2, 0) is 20.9 Å². The molecule has 3 heterocycles. The summed E-state index contributed by atoms with van der Waals surface area (Å²) in [6.45, 7) is -0.493. The first-order chi connectivity index (χ1) is 18.2. The quantitative estimate of drug-likeness (QED) is 0.231. The first-order valence-electron chi connectivity index (χ1n) is 11.1. The van der Waals surface area contributed by atoms with Crippen LogP contribution in [-0.4, -0.2) is 69.4 Å². The Kier molecular flexibility index (Phi) is 9.76. The van der Waals surface area contributed by atoms with Crippen molar-refractivity contribution in [2.75, 3.05) is 23.8 Å². The Morgan fingerprint density at radius 1 is 1.03 bits per heavy atom. The summed E-state index contributed by atoms with van der Waals surface area (Å²) in [5.41, 5.74) is 0.504. The molecule has 0 aliphatic heterocycles. The summed E-state index contributed by atoms with van der Waals surface area (Å²) in [5.74, 6) is -3.08. The number of nitrogens with one attached hydrogen (secondary N) is 4. The summed E-state index contributed by atoms with van der Waals surface area (Å²) in [5, 5.41) is 20.4. The van der Waals surface area contributed by atoms with E-state index in [0.29, 0.717) is 11.5 Å². The van der Waals surface area contributed by atoms with Crippen molar-refractivity contribution in [3.63, 3.8) is 0 Å². The van der Waals surface area contributed by atoms with Crippen LogP contribution in [0, 0.1) is 0 Å². The molecule has 0 spiro atoms. The van der Waals surface area contributed by atoms with Crippen LogP contribution in [0.25, 0.3) is 0 Å². The van der Waals surface area contributed by atoms with Crippen molar-refractivity contribution in [3.05, 3.63) is 65.6 Å². The minimum absolute atomic E-state index is 0.0444. The van der Waals surface area contributed by atoms with Crippen LogP contribution in [0.2, 0.25) is 0 Å². The third kappa shape index (κ3) is 8.34. The van der Waals surface area contributed by atoms with Gasteiger partial charge in [0.1, 0.15) is 17.6 Å². The lowest BCUT2D eigenvalue weighted by atomic mass is 10.2. The molecule has 3 aromatic rings. The molecule has 0 radical (unpaired) electrons. The second-order valence-electron chi connectivity index (χ2n) is 7.65. The zero-order valence-electron chi connectivity index (χ0n) is 20.1. The Morgan fingerprint density at radius 3 is 2.42 bits per heavy atom. The number of rotatable bonds is 11. The Hall–Kier alpha value is -4.92. The van der Waals surface area contributed by atoms with Crippen LogP contribution in [0.4, 0.5) is 15.7 Å². The van der Waals surface area contributed by atoms with Gasteiger partial charge in [0.2, 0.25) is 11.8 Å². The SMILES string of the molecule is CN(C(=O)Nc1nc(C(=O)NCC(=O)N[C@@H](CC(=O)O)C(=O)NCc2ccccn2)cs1)c1ccccn1. The largest absolute Gasteiger partial charge is 0.481 e. The standard InChI is InChI=1S/C23H24N8O6S/c1-31(17-7-3-5-9-25-17)23(37)30-22-29-16(13-38-22)21(36)27-12-18(32)28-15(10-19(33)34)20(35)26-11-14-6-2-4-8-24-14/h2-9,13,15H,10-12H2,1H3,(H,26,35)(H,27,36)(H,28,32)(H,33,34)(H,29,30,37)/t15-/m0/s1. The lowest BCUT2D eigenvalue weighted by Gasteiger charge is -2.17. The van der Waals surface area contributed by atoms with Crippen molar-refractivity contribution in [1.29, 1.82) is 0 Å². The average Bonchev–Trinajstić information content (AvgIpc) is 3.39. The predicted molar refractivity (Wildman–Crippen MR) is 136 cm³/mol. The maximum atomic E-state index is 12.4. The van der Waals surface area contributed by atoms with Crippen molar-refractivity contribution in [2.24, 2.45) is 0 Å². The number of anilines is 2. The first-order valence-corrected chi connectivity index (χ1v) is 12.0. The molecule has 38 heavy (non-hydrogen) atoms. The average molecular weight is 541 g/mol. The van der Waals surface area contributed by atoms with Gasteiger partial charge in [-0.3, -0.25) is 34.4 Å². The molecule has 5 amide bonds. The van der Waals surface area contributed by atoms with Crippen molar-refractivity contribution < 1.29 is 29.1 Å². The number of carbonyl (C=O) groups is 5. The van der Waals surface area contributed by atoms with Crippen molar-refractivity contribution in [3.8, 4) is 0 Å². The van der Waals surface area contributed by atoms with Gasteiger partial charge in [-0.2, -0.15) is 0 Å². The molecule has 1 atom stereocenters. The molecule has 198 valence electrons. The van der Waals surface area contributed by atoms with Crippen molar-refractivity contribution in [1.82, 2.24) is 30.9 Å². The summed E-state index contributed by atoms with van der Waals surface area (Å²) in [6, 6.07) is 8.32. The molecule has 0 bridgehead atoms. The Morgan fingerprint density at radius 2 is 1.76 bits per heavy atom. The molecule has 0 aromatic carbocycles. The topological polar surface area (TPSA) is 196 Å². The van der Waals surface area contributed by atoms with Crippen LogP contribution in [0.1, 0.15) is 22.6 Å². The second-order valence-corrected chi connectivity index (χ2v) is 8.51. The molecule has 0 aliphatic carbocycles. The first kappa shape index (κ1) is 27.7. The van der Waals surface area contributed by atoms with Gasteiger partial charge in [0.05, 0.1) is 25.2 Å². The monoisotopic (exact) mass is 540 g/mol. The van der Waals surface area contributed by atoms with E-state index < -0.39 is 48.7 Å². The van der Waals surface area contributed by atoms with Gasteiger partial charge >= 0.3 is 12.0 Å². The molecule has 0 aliphatic rings. The molecular formula is C23H24N8O6S. The van der Waals surface area contributed by atoms with Crippen LogP contribution in [0.5, 0.6) is 0 Å². The van der Waals surface area contributed by atoms with Gasteiger partial charge < -0.3 is 21.1 Å². The van der Waals surface area contributed by atoms with E-state index in [1.54, 1.807) is 48.8 Å². The fourth-order valence-electron chi connectivity index (χ4n) is 2.95. The molecule has 3 aromatic heterocycles. The lowest BCUT2D eigenvalue weighted by Crippen LogP contribution is -2.50. The number of carboxylic acids is 1. The van der Waals surface area contributed by atoms with Gasteiger partial charge in [-0.1, -0.05) is 12.1 Å². The van der Waals surface area contributed by atoms with E-state index in [2.05, 4.69) is 36.2 Å². The molecule has 14 nitrogen and oxygen atoms in total. The zero-order valence-corrected chi connectivity index (χ0v) is 20.9. The fourth-order valence-corrected chi connectivity index (χ4v) is 3.63. The Bertz CT molecular complexity index is 1290. The number of aromatic nitrogens is 3. The molecule has 15 heteroatoms. The summed E-state index contributed by atoms with van der Waals surface area (Å²) < 4.78 is 0. The molecule has 3 rings (SSSR count). The molecule has 0 unspecified atom stereocenters. The van der Waals surface area contributed by atoms with Crippen LogP contribution < -0.4 is 26.2 Å². The van der Waals surface area contributed by atoms with E-state index in [4.69, 9.17) is 5.11 Å². The summed E-state index contributed by atoms with van der Waals surface area (Å²) in [7, 11) is 1.52. The zero-order chi connectivity index (χ0) is 27.5. The maximum Gasteiger partial charge on any atom is 0.329 e. The van der Waals surface area contributed by atoms with E-state index in [1.165, 1.54) is 17.3 Å². The van der Waals surface area contributed by atoms with Crippen LogP contribution in [0.15, 0.2) is 54.2 Å². The predicted octanol–water partition coefficient (Wildman–Crippen LogP) is 0.607. The van der Waals surface area contributed by atoms with Gasteiger partial charge in [0.25, 0.3) is 5.91 Å². The highest BCUT2D eigenvalue weighted by Gasteiger charge is 2.24. The number of thiazole rings is 1. The number of urea groups is 1. The second kappa shape index (κ2) is 13.4. The highest BCUT2D eigenvalue weighted by Crippen LogP contribution is 2.17. The van der Waals surface area contributed by atoms with Crippen molar-refractivity contribution >= 4 is 52.0 Å². The number of hydrogen-bond acceptors (Lipinski definition) is 9. The highest BCUT2D eigenvalue weighted by molar-refractivity contribution is 7.14. The maximum absolute atomic E-state index is 12.4. The minimum Gasteiger partial charge on any atom is -0.481 e. The van der Waals surface area contributed by atoms with Crippen LogP contribution in [0.3, 0.4) is 0 Å². The van der Waals surface area contributed by atoms with E-state index in [1.807, 2.05) is 0 Å². The number of amides is 5. The molecule has 0 saturated carbocycles. The normalized spacial score (nSPS) is 11.1. The minimum atomic E-state index is -1.36. The van der Waals surface area contributed by atoms with Gasteiger partial charge in [-0.05, 0) is 24.3 Å². The molecule has 5 N–H and O–H groups in total. The number of carboxylic acid groups (broad SMARTS) is 1. The van der Waals surface area contributed by atoms with Gasteiger partial charge in [0, 0.05) is 24.8 Å². The number of aliphatic carboxylic acids is 1. The Balaban J connectivity index is 1.49. The van der Waals surface area contributed by atoms with Crippen molar-refractivity contribution in [2.45, 2.75) is 19.0 Å². The highest BCUT2D eigenvalue weighted by atomic mass is 32.1. The third-order valence-corrected chi connectivity index (χ3v) is 5.62. The van der Waals surface area contributed by atoms with E-state index in [0.717, 1.165) is 11.3 Å². The number of nitrogens with zero attached hydrogens (tertiary/aromatic N) is 4. The summed E-state index contributed by atoms with van der Waals surface area (Å²) in [6.07, 6.45) is 2.43. The fraction of sp³-hybridized carbons (Fsp3) is 0.217. The van der Waals surface area contributed by atoms with E-state index in [-0.39, 0.29) is 17.4 Å². The molecule has 0 fully saturated rings. The van der Waals surface area contributed by atoms with E-state index in [9.17, 15) is 24.0 Å². The molecular weight excluding hydrogens is 516 g/mol. The summed E-state index contributed by atoms with van der Waals surface area (Å²) >= 11 is 1.00. The lowest BCUT2D eigenvalue weighted by molar-refractivity contribution is -0.140.